The Morgan fingerprint density at radius 1 is 0.267 bits per heavy atom. The fourth-order valence-electron chi connectivity index (χ4n) is 18.9. The lowest BCUT2D eigenvalue weighted by atomic mass is 9.74. The molecule has 1 aliphatic carbocycles. The molecule has 0 N–H and O–H groups in total. The number of unbranched alkanes of at least 4 members (excludes halogenated alkanes) is 12. The summed E-state index contributed by atoms with van der Waals surface area (Å²) in [7, 11) is 0. The van der Waals surface area contributed by atoms with E-state index in [1.54, 1.807) is 0 Å². The molecule has 624 valence electrons. The highest BCUT2D eigenvalue weighted by atomic mass is 16.5. The van der Waals surface area contributed by atoms with Crippen molar-refractivity contribution in [2.75, 3.05) is 53.4 Å². The molecule has 0 amide bonds. The first kappa shape index (κ1) is 85.9. The molecule has 0 spiro atoms. The summed E-state index contributed by atoms with van der Waals surface area (Å²) < 4.78 is 62.7. The van der Waals surface area contributed by atoms with Crippen LogP contribution in [0.25, 0.3) is 0 Å². The first-order chi connectivity index (χ1) is 57.0. The highest BCUT2D eigenvalue weighted by Gasteiger charge is 2.44. The van der Waals surface area contributed by atoms with Crippen LogP contribution in [0.15, 0.2) is 146 Å². The summed E-state index contributed by atoms with van der Waals surface area (Å²) in [5, 5.41) is 0. The van der Waals surface area contributed by atoms with E-state index in [0.717, 1.165) is 222 Å². The van der Waals surface area contributed by atoms with Crippen LogP contribution in [0.3, 0.4) is 0 Å². The Bertz CT molecular complexity index is 3820. The number of rotatable bonds is 40. The summed E-state index contributed by atoms with van der Waals surface area (Å²) in [5.74, 6) is 6.94. The number of ether oxygens (including phenoxy) is 8. The van der Waals surface area contributed by atoms with E-state index >= 15 is 0 Å². The monoisotopic (exact) mass is 1570 g/mol. The Hall–Kier alpha value is -8.00. The average molecular weight is 1570 g/mol. The van der Waals surface area contributed by atoms with Crippen LogP contribution in [0, 0.1) is 0 Å². The Balaban J connectivity index is 1.23. The molecule has 4 heterocycles. The second-order valence-corrected chi connectivity index (χ2v) is 34.2. The number of hydrogen-bond acceptors (Lipinski definition) is 12. The maximum Gasteiger partial charge on any atom is 0.142 e. The van der Waals surface area contributed by atoms with Crippen LogP contribution < -0.4 is 37.9 Å². The molecule has 8 aromatic carbocycles. The largest absolute Gasteiger partial charge is 0.493 e. The lowest BCUT2D eigenvalue weighted by Gasteiger charge is -2.41. The minimum Gasteiger partial charge on any atom is -0.493 e. The maximum atomic E-state index is 7.84. The lowest BCUT2D eigenvalue weighted by Crippen LogP contribution is -2.36. The molecule has 0 aromatic heterocycles. The Labute approximate surface area is 698 Å². The Kier molecular flexibility index (Phi) is 31.5. The van der Waals surface area contributed by atoms with Crippen molar-refractivity contribution >= 4 is 0 Å². The standard InChI is InChI=1S/C104H140N4O8/c1-13-21-33-53-81-85-61-90(102-93(97(85)109-57-25-17-5)65-105(70-114-102)73(9)77-45-37-29-38-46-77)83(55-35-23-15-3)87-63-92(104-95(99(87)111-59-27-19-7)67-107(72-116-104)75(11)79-49-41-31-42-50-79)84(56-36-24-16-4)88-64-91(103-96(100(88)112-60-28-20-8)68-108(71-115-103)76(12)80-51-43-32-44-52-80)82(54-34-22-14-2)86-62-89(81)101-94(98(86)110-58-26-18-6)66-106(69-113-101)74(10)78-47-39-30-40-48-78/h29-32,37-52,61-64,73-76,81-84H,13-28,33-36,53-60,65-72H2,1-12H3/t73-,74-,75-,76-,81-,82-,83-,84-/m0/s1. The van der Waals surface area contributed by atoms with Gasteiger partial charge in [-0.1, -0.05) is 279 Å². The van der Waals surface area contributed by atoms with Crippen molar-refractivity contribution in [3.05, 3.63) is 235 Å². The van der Waals surface area contributed by atoms with E-state index in [9.17, 15) is 0 Å². The third-order valence-electron chi connectivity index (χ3n) is 26.2. The van der Waals surface area contributed by atoms with Gasteiger partial charge in [-0.2, -0.15) is 0 Å². The predicted octanol–water partition coefficient (Wildman–Crippen LogP) is 27.2. The van der Waals surface area contributed by atoms with E-state index < -0.39 is 0 Å². The van der Waals surface area contributed by atoms with Gasteiger partial charge in [-0.15, -0.1) is 0 Å². The van der Waals surface area contributed by atoms with Crippen LogP contribution in [-0.2, 0) is 26.2 Å². The number of fused-ring (bicyclic) bond motifs is 16. The van der Waals surface area contributed by atoms with Gasteiger partial charge in [-0.05, 0) is 126 Å². The molecule has 0 unspecified atom stereocenters. The van der Waals surface area contributed by atoms with Crippen molar-refractivity contribution in [1.82, 2.24) is 19.6 Å². The average Bonchev–Trinajstić information content (AvgIpc) is 0.722. The number of nitrogens with zero attached hydrogens (tertiary/aromatic N) is 4. The van der Waals surface area contributed by atoms with Gasteiger partial charge in [-0.3, -0.25) is 19.6 Å². The summed E-state index contributed by atoms with van der Waals surface area (Å²) in [6, 6.07) is 55.1. The third-order valence-corrected chi connectivity index (χ3v) is 26.2. The molecule has 13 rings (SSSR count). The van der Waals surface area contributed by atoms with E-state index in [-0.39, 0.29) is 47.8 Å². The number of benzene rings is 8. The summed E-state index contributed by atoms with van der Waals surface area (Å²) in [5.41, 5.74) is 19.3. The normalized spacial score (nSPS) is 18.5. The maximum absolute atomic E-state index is 7.84. The van der Waals surface area contributed by atoms with Crippen molar-refractivity contribution in [3.8, 4) is 46.0 Å². The molecule has 8 atom stereocenters. The molecule has 116 heavy (non-hydrogen) atoms. The molecule has 0 saturated heterocycles. The van der Waals surface area contributed by atoms with Gasteiger partial charge in [-0.25, -0.2) is 0 Å². The van der Waals surface area contributed by atoms with Gasteiger partial charge in [0.2, 0.25) is 0 Å². The molecule has 4 aliphatic heterocycles. The van der Waals surface area contributed by atoms with Crippen LogP contribution in [0.1, 0.15) is 374 Å². The van der Waals surface area contributed by atoms with Crippen molar-refractivity contribution in [2.45, 2.75) is 311 Å². The highest BCUT2D eigenvalue weighted by molar-refractivity contribution is 5.70. The van der Waals surface area contributed by atoms with E-state index in [4.69, 9.17) is 37.9 Å². The van der Waals surface area contributed by atoms with Gasteiger partial charge in [0.15, 0.2) is 0 Å². The Morgan fingerprint density at radius 2 is 0.466 bits per heavy atom. The molecule has 5 aliphatic rings. The van der Waals surface area contributed by atoms with Gasteiger partial charge >= 0.3 is 0 Å². The molecule has 0 saturated carbocycles. The minimum absolute atomic E-state index is 0.0472. The van der Waals surface area contributed by atoms with Crippen LogP contribution >= 0.6 is 0 Å². The molecule has 0 radical (unpaired) electrons. The smallest absolute Gasteiger partial charge is 0.142 e. The molecule has 12 heteroatoms. The zero-order valence-corrected chi connectivity index (χ0v) is 73.0. The van der Waals surface area contributed by atoms with Crippen LogP contribution in [0.4, 0.5) is 0 Å². The van der Waals surface area contributed by atoms with Gasteiger partial charge < -0.3 is 37.9 Å². The quantitative estimate of drug-likeness (QED) is 0.0343. The van der Waals surface area contributed by atoms with Gasteiger partial charge in [0.1, 0.15) is 72.9 Å². The van der Waals surface area contributed by atoms with Crippen LogP contribution in [0.2, 0.25) is 0 Å². The molecule has 8 aromatic rings. The van der Waals surface area contributed by atoms with Crippen LogP contribution in [-0.4, -0.2) is 73.0 Å². The van der Waals surface area contributed by atoms with Gasteiger partial charge in [0, 0.05) is 119 Å². The number of hydrogen-bond donors (Lipinski definition) is 0. The summed E-state index contributed by atoms with van der Waals surface area (Å²) in [6.45, 7) is 34.6. The van der Waals surface area contributed by atoms with E-state index in [0.29, 0.717) is 79.5 Å². The minimum atomic E-state index is -0.188. The van der Waals surface area contributed by atoms with E-state index in [1.807, 2.05) is 0 Å². The molecule has 8 bridgehead atoms. The predicted molar refractivity (Wildman–Crippen MR) is 475 cm³/mol. The van der Waals surface area contributed by atoms with Crippen molar-refractivity contribution in [3.63, 3.8) is 0 Å². The van der Waals surface area contributed by atoms with Crippen LogP contribution in [0.5, 0.6) is 46.0 Å². The SMILES string of the molecule is CCCCC[C@H]1c2cc(c3c(c2OCCCC)CN([C@@H](C)c2ccccc2)CO3)[C@@H](CCCCC)c2cc(c3c(c2OCCCC)CN([C@@H](C)c2ccccc2)CO3)[C@@H](CCCCC)c2cc(c3c(c2OCCCC)CN([C@@H](C)c2ccccc2)CO3)[C@@H](CCCCC)c2cc1c1c(c2OCCCC)CN([C@@H](C)c2ccccc2)CO1. The highest BCUT2D eigenvalue weighted by Crippen LogP contribution is 2.60. The molecular formula is C104H140N4O8. The van der Waals surface area contributed by atoms with Crippen molar-refractivity contribution in [1.29, 1.82) is 0 Å². The fourth-order valence-corrected chi connectivity index (χ4v) is 18.9. The topological polar surface area (TPSA) is 86.8 Å². The second-order valence-electron chi connectivity index (χ2n) is 34.2. The van der Waals surface area contributed by atoms with Crippen molar-refractivity contribution < 1.29 is 37.9 Å². The molecular weight excluding hydrogens is 1430 g/mol. The zero-order valence-electron chi connectivity index (χ0n) is 73.0. The summed E-state index contributed by atoms with van der Waals surface area (Å²) in [6.07, 6.45) is 23.9. The van der Waals surface area contributed by atoms with Gasteiger partial charge in [0.25, 0.3) is 0 Å². The van der Waals surface area contributed by atoms with E-state index in [1.165, 1.54) is 66.8 Å². The molecule has 12 nitrogen and oxygen atoms in total. The summed E-state index contributed by atoms with van der Waals surface area (Å²) in [4.78, 5) is 10.2. The van der Waals surface area contributed by atoms with Gasteiger partial charge in [0.05, 0.1) is 48.7 Å². The first-order valence-corrected chi connectivity index (χ1v) is 45.9. The van der Waals surface area contributed by atoms with E-state index in [2.05, 4.69) is 248 Å². The first-order valence-electron chi connectivity index (χ1n) is 45.9. The third kappa shape index (κ3) is 19.6. The second kappa shape index (κ2) is 42.6. The lowest BCUT2D eigenvalue weighted by molar-refractivity contribution is 0.0575. The summed E-state index contributed by atoms with van der Waals surface area (Å²) >= 11 is 0. The van der Waals surface area contributed by atoms with Crippen molar-refractivity contribution in [2.24, 2.45) is 0 Å². The molecule has 0 fully saturated rings. The fraction of sp³-hybridized carbons (Fsp3) is 0.538. The Morgan fingerprint density at radius 3 is 0.655 bits per heavy atom. The zero-order chi connectivity index (χ0) is 80.9.